The van der Waals surface area contributed by atoms with E-state index in [0.717, 1.165) is 41.8 Å². The molecule has 148 valence electrons. The predicted octanol–water partition coefficient (Wildman–Crippen LogP) is 3.07. The van der Waals surface area contributed by atoms with E-state index in [-0.39, 0.29) is 0 Å². The van der Waals surface area contributed by atoms with Crippen LogP contribution in [0.25, 0.3) is 0 Å². The van der Waals surface area contributed by atoms with Crippen molar-refractivity contribution in [1.29, 1.82) is 0 Å². The van der Waals surface area contributed by atoms with E-state index in [1.807, 2.05) is 55.9 Å². The Hall–Kier alpha value is -2.28. The molecule has 0 atom stereocenters. The van der Waals surface area contributed by atoms with Crippen LogP contribution in [0.2, 0.25) is 0 Å². The van der Waals surface area contributed by atoms with Gasteiger partial charge in [0.25, 0.3) is 0 Å². The smallest absolute Gasteiger partial charge is 0.168 e. The average molecular weight is 391 g/mol. The fraction of sp³-hybridized carbons (Fsp3) is 0.500. The Balaban J connectivity index is 1.86. The molecule has 0 aliphatic carbocycles. The van der Waals surface area contributed by atoms with Gasteiger partial charge in [0.1, 0.15) is 0 Å². The van der Waals surface area contributed by atoms with Gasteiger partial charge in [-0.25, -0.2) is 0 Å². The van der Waals surface area contributed by atoms with Crippen molar-refractivity contribution in [3.63, 3.8) is 0 Å². The molecule has 0 aliphatic heterocycles. The van der Waals surface area contributed by atoms with E-state index in [1.165, 1.54) is 11.1 Å². The Labute approximate surface area is 167 Å². The molecule has 0 fully saturated rings. The highest BCUT2D eigenvalue weighted by Gasteiger charge is 2.10. The SMILES string of the molecule is CCOc1ccc(CCNC(=S)N(C)Cc2cnn(C)c2C)cc1OCC. The van der Waals surface area contributed by atoms with Crippen LogP contribution in [0.1, 0.15) is 30.7 Å². The second kappa shape index (κ2) is 10.2. The third-order valence-corrected chi connectivity index (χ3v) is 4.84. The Morgan fingerprint density at radius 1 is 1.22 bits per heavy atom. The summed E-state index contributed by atoms with van der Waals surface area (Å²) in [6.45, 7) is 8.74. The molecule has 2 rings (SSSR count). The van der Waals surface area contributed by atoms with Gasteiger partial charge in [0.05, 0.1) is 19.4 Å². The van der Waals surface area contributed by atoms with Gasteiger partial charge in [-0.1, -0.05) is 6.07 Å². The van der Waals surface area contributed by atoms with Gasteiger partial charge in [-0.15, -0.1) is 0 Å². The highest BCUT2D eigenvalue weighted by Crippen LogP contribution is 2.28. The van der Waals surface area contributed by atoms with Crippen molar-refractivity contribution in [2.45, 2.75) is 33.7 Å². The predicted molar refractivity (Wildman–Crippen MR) is 112 cm³/mol. The van der Waals surface area contributed by atoms with Crippen molar-refractivity contribution in [2.24, 2.45) is 7.05 Å². The van der Waals surface area contributed by atoms with Crippen molar-refractivity contribution in [2.75, 3.05) is 26.8 Å². The lowest BCUT2D eigenvalue weighted by Gasteiger charge is -2.21. The summed E-state index contributed by atoms with van der Waals surface area (Å²) in [5.41, 5.74) is 3.52. The van der Waals surface area contributed by atoms with Crippen LogP contribution in [0.15, 0.2) is 24.4 Å². The van der Waals surface area contributed by atoms with Crippen LogP contribution in [0.5, 0.6) is 11.5 Å². The fourth-order valence-electron chi connectivity index (χ4n) is 2.73. The van der Waals surface area contributed by atoms with Crippen molar-refractivity contribution in [3.05, 3.63) is 41.2 Å². The van der Waals surface area contributed by atoms with Crippen LogP contribution >= 0.6 is 12.2 Å². The van der Waals surface area contributed by atoms with Gasteiger partial charge in [0.2, 0.25) is 0 Å². The molecule has 27 heavy (non-hydrogen) atoms. The van der Waals surface area contributed by atoms with E-state index < -0.39 is 0 Å². The van der Waals surface area contributed by atoms with Crippen molar-refractivity contribution >= 4 is 17.3 Å². The maximum atomic E-state index is 5.69. The quantitative estimate of drug-likeness (QED) is 0.664. The first kappa shape index (κ1) is 21.0. The molecule has 1 heterocycles. The summed E-state index contributed by atoms with van der Waals surface area (Å²) in [6, 6.07) is 6.09. The second-order valence-corrected chi connectivity index (χ2v) is 6.75. The maximum absolute atomic E-state index is 5.69. The number of ether oxygens (including phenoxy) is 2. The number of aromatic nitrogens is 2. The average Bonchev–Trinajstić information content (AvgIpc) is 2.96. The molecule has 2 aromatic rings. The van der Waals surface area contributed by atoms with E-state index in [0.29, 0.717) is 13.2 Å². The van der Waals surface area contributed by atoms with E-state index in [2.05, 4.69) is 23.4 Å². The minimum atomic E-state index is 0.615. The third kappa shape index (κ3) is 5.85. The Morgan fingerprint density at radius 3 is 2.56 bits per heavy atom. The van der Waals surface area contributed by atoms with Gasteiger partial charge in [0.15, 0.2) is 16.6 Å². The summed E-state index contributed by atoms with van der Waals surface area (Å²) >= 11 is 5.51. The number of benzene rings is 1. The summed E-state index contributed by atoms with van der Waals surface area (Å²) in [4.78, 5) is 2.03. The molecule has 0 saturated heterocycles. The zero-order chi connectivity index (χ0) is 19.8. The Bertz CT molecular complexity index is 760. The zero-order valence-corrected chi connectivity index (χ0v) is 17.7. The molecule has 7 heteroatoms. The summed E-state index contributed by atoms with van der Waals surface area (Å²) < 4.78 is 13.2. The lowest BCUT2D eigenvalue weighted by molar-refractivity contribution is 0.287. The van der Waals surface area contributed by atoms with E-state index in [9.17, 15) is 0 Å². The van der Waals surface area contributed by atoms with Crippen LogP contribution in [0, 0.1) is 6.92 Å². The molecular weight excluding hydrogens is 360 g/mol. The normalized spacial score (nSPS) is 10.6. The molecule has 6 nitrogen and oxygen atoms in total. The van der Waals surface area contributed by atoms with Gasteiger partial charge in [0, 0.05) is 38.4 Å². The second-order valence-electron chi connectivity index (χ2n) is 6.36. The molecule has 0 aliphatic rings. The maximum Gasteiger partial charge on any atom is 0.168 e. The first-order valence-corrected chi connectivity index (χ1v) is 9.72. The van der Waals surface area contributed by atoms with E-state index in [1.54, 1.807) is 0 Å². The molecule has 1 aromatic carbocycles. The number of rotatable bonds is 9. The highest BCUT2D eigenvalue weighted by atomic mass is 32.1. The van der Waals surface area contributed by atoms with Crippen LogP contribution in [-0.2, 0) is 20.0 Å². The fourth-order valence-corrected chi connectivity index (χ4v) is 2.89. The van der Waals surface area contributed by atoms with Gasteiger partial charge >= 0.3 is 0 Å². The lowest BCUT2D eigenvalue weighted by Crippen LogP contribution is -2.37. The van der Waals surface area contributed by atoms with Crippen molar-refractivity contribution < 1.29 is 9.47 Å². The van der Waals surface area contributed by atoms with Gasteiger partial charge < -0.3 is 19.7 Å². The van der Waals surface area contributed by atoms with Gasteiger partial charge in [-0.05, 0) is 57.1 Å². The largest absolute Gasteiger partial charge is 0.490 e. The van der Waals surface area contributed by atoms with E-state index >= 15 is 0 Å². The first-order valence-electron chi connectivity index (χ1n) is 9.31. The van der Waals surface area contributed by atoms with Crippen molar-refractivity contribution in [1.82, 2.24) is 20.0 Å². The molecule has 0 spiro atoms. The van der Waals surface area contributed by atoms with Crippen molar-refractivity contribution in [3.8, 4) is 11.5 Å². The molecule has 1 aromatic heterocycles. The zero-order valence-electron chi connectivity index (χ0n) is 16.9. The molecule has 1 N–H and O–H groups in total. The standard InChI is InChI=1S/C20H30N4O2S/c1-6-25-18-9-8-16(12-19(18)26-7-2)10-11-21-20(27)23(4)14-17-13-22-24(5)15(17)3/h8-9,12-13H,6-7,10-11,14H2,1-5H3,(H,21,27). The molecule has 0 saturated carbocycles. The number of nitrogens with one attached hydrogen (secondary N) is 1. The lowest BCUT2D eigenvalue weighted by atomic mass is 10.1. The minimum absolute atomic E-state index is 0.615. The summed E-state index contributed by atoms with van der Waals surface area (Å²) in [5.74, 6) is 1.58. The number of nitrogens with zero attached hydrogens (tertiary/aromatic N) is 3. The first-order chi connectivity index (χ1) is 13.0. The van der Waals surface area contributed by atoms with Gasteiger partial charge in [-0.2, -0.15) is 5.10 Å². The summed E-state index contributed by atoms with van der Waals surface area (Å²) in [7, 11) is 3.94. The van der Waals surface area contributed by atoms with Crippen LogP contribution in [-0.4, -0.2) is 46.6 Å². The molecule has 0 radical (unpaired) electrons. The number of aryl methyl sites for hydroxylation is 1. The third-order valence-electron chi connectivity index (χ3n) is 4.39. The highest BCUT2D eigenvalue weighted by molar-refractivity contribution is 7.80. The molecular formula is C20H30N4O2S. The summed E-state index contributed by atoms with van der Waals surface area (Å²) in [6.07, 6.45) is 2.75. The monoisotopic (exact) mass is 390 g/mol. The summed E-state index contributed by atoms with van der Waals surface area (Å²) in [5, 5.41) is 8.34. The number of hydrogen-bond acceptors (Lipinski definition) is 4. The Morgan fingerprint density at radius 2 is 1.93 bits per heavy atom. The van der Waals surface area contributed by atoms with Crippen LogP contribution in [0.3, 0.4) is 0 Å². The molecule has 0 unspecified atom stereocenters. The Kier molecular flexibility index (Phi) is 7.91. The minimum Gasteiger partial charge on any atom is -0.490 e. The topological polar surface area (TPSA) is 51.5 Å². The van der Waals surface area contributed by atoms with Gasteiger partial charge in [-0.3, -0.25) is 4.68 Å². The van der Waals surface area contributed by atoms with Crippen LogP contribution in [0.4, 0.5) is 0 Å². The van der Waals surface area contributed by atoms with E-state index in [4.69, 9.17) is 21.7 Å². The molecule has 0 amide bonds. The van der Waals surface area contributed by atoms with Crippen LogP contribution < -0.4 is 14.8 Å². The number of thiocarbonyl (C=S) groups is 1. The number of hydrogen-bond donors (Lipinski definition) is 1. The molecule has 0 bridgehead atoms.